The van der Waals surface area contributed by atoms with Crippen molar-refractivity contribution in [1.82, 2.24) is 10.3 Å². The van der Waals surface area contributed by atoms with Crippen molar-refractivity contribution in [3.8, 4) is 0 Å². The largest absolute Gasteiger partial charge is 0.357 e. The Morgan fingerprint density at radius 2 is 2.06 bits per heavy atom. The first-order valence-electron chi connectivity index (χ1n) is 6.35. The van der Waals surface area contributed by atoms with Crippen LogP contribution in [0.1, 0.15) is 37.1 Å². The smallest absolute Gasteiger partial charge is 0.133 e. The summed E-state index contributed by atoms with van der Waals surface area (Å²) >= 11 is 0. The third kappa shape index (κ3) is 3.19. The maximum absolute atomic E-state index is 4.71. The number of pyridine rings is 1. The zero-order valence-corrected chi connectivity index (χ0v) is 12.0. The van der Waals surface area contributed by atoms with E-state index in [4.69, 9.17) is 4.98 Å². The molecule has 1 rings (SSSR count). The average Bonchev–Trinajstić information content (AvgIpc) is 2.30. The van der Waals surface area contributed by atoms with Crippen molar-refractivity contribution in [2.45, 2.75) is 46.7 Å². The van der Waals surface area contributed by atoms with Crippen LogP contribution in [0.5, 0.6) is 0 Å². The van der Waals surface area contributed by atoms with Gasteiger partial charge in [-0.3, -0.25) is 0 Å². The van der Waals surface area contributed by atoms with Crippen LogP contribution in [0.15, 0.2) is 6.07 Å². The van der Waals surface area contributed by atoms with E-state index in [0.717, 1.165) is 24.5 Å². The molecule has 0 aliphatic rings. The van der Waals surface area contributed by atoms with Gasteiger partial charge in [-0.05, 0) is 45.9 Å². The summed E-state index contributed by atoms with van der Waals surface area (Å²) in [7, 11) is 4.11. The Bertz CT molecular complexity index is 374. The highest BCUT2D eigenvalue weighted by atomic mass is 15.2. The van der Waals surface area contributed by atoms with Gasteiger partial charge >= 0.3 is 0 Å². The average molecular weight is 235 g/mol. The van der Waals surface area contributed by atoms with Crippen molar-refractivity contribution in [3.05, 3.63) is 22.9 Å². The van der Waals surface area contributed by atoms with Crippen LogP contribution in [0.4, 0.5) is 5.82 Å². The van der Waals surface area contributed by atoms with Crippen molar-refractivity contribution in [2.24, 2.45) is 0 Å². The minimum Gasteiger partial charge on any atom is -0.357 e. The van der Waals surface area contributed by atoms with Crippen LogP contribution in [0.25, 0.3) is 0 Å². The summed E-state index contributed by atoms with van der Waals surface area (Å²) in [5, 5.41) is 3.23. The molecule has 1 heterocycles. The summed E-state index contributed by atoms with van der Waals surface area (Å²) in [6, 6.07) is 2.67. The fourth-order valence-electron chi connectivity index (χ4n) is 2.01. The summed E-state index contributed by atoms with van der Waals surface area (Å²) in [6.45, 7) is 9.54. The number of aryl methyl sites for hydroxylation is 2. The van der Waals surface area contributed by atoms with Crippen molar-refractivity contribution in [3.63, 3.8) is 0 Å². The predicted octanol–water partition coefficient (Wildman–Crippen LogP) is 2.65. The van der Waals surface area contributed by atoms with Gasteiger partial charge in [0.05, 0.1) is 0 Å². The van der Waals surface area contributed by atoms with E-state index in [9.17, 15) is 0 Å². The second-order valence-corrected chi connectivity index (χ2v) is 4.78. The fourth-order valence-corrected chi connectivity index (χ4v) is 2.01. The van der Waals surface area contributed by atoms with Crippen molar-refractivity contribution in [2.75, 3.05) is 19.0 Å². The highest BCUT2D eigenvalue weighted by Crippen LogP contribution is 2.23. The van der Waals surface area contributed by atoms with Gasteiger partial charge in [0.1, 0.15) is 5.82 Å². The van der Waals surface area contributed by atoms with Gasteiger partial charge in [-0.15, -0.1) is 0 Å². The molecule has 1 aromatic rings. The Hall–Kier alpha value is -1.09. The highest BCUT2D eigenvalue weighted by Gasteiger charge is 2.15. The van der Waals surface area contributed by atoms with Crippen molar-refractivity contribution in [1.29, 1.82) is 0 Å². The van der Waals surface area contributed by atoms with Gasteiger partial charge in [0.2, 0.25) is 0 Å². The Morgan fingerprint density at radius 1 is 1.41 bits per heavy atom. The molecular weight excluding hydrogens is 210 g/mol. The van der Waals surface area contributed by atoms with Gasteiger partial charge in [-0.2, -0.15) is 0 Å². The van der Waals surface area contributed by atoms with Crippen LogP contribution in [0.3, 0.4) is 0 Å². The molecule has 1 unspecified atom stereocenters. The van der Waals surface area contributed by atoms with Crippen LogP contribution in [-0.4, -0.2) is 25.1 Å². The molecule has 0 radical (unpaired) electrons. The number of rotatable bonds is 5. The lowest BCUT2D eigenvalue weighted by atomic mass is 10.1. The normalized spacial score (nSPS) is 12.6. The molecule has 0 aliphatic heterocycles. The molecule has 0 amide bonds. The lowest BCUT2D eigenvalue weighted by molar-refractivity contribution is 0.649. The van der Waals surface area contributed by atoms with E-state index in [0.29, 0.717) is 6.04 Å². The first-order valence-corrected chi connectivity index (χ1v) is 6.35. The molecular formula is C14H25N3. The molecule has 3 heteroatoms. The molecule has 1 aromatic heterocycles. The third-order valence-electron chi connectivity index (χ3n) is 3.39. The predicted molar refractivity (Wildman–Crippen MR) is 74.6 cm³/mol. The van der Waals surface area contributed by atoms with Gasteiger partial charge in [0.15, 0.2) is 0 Å². The quantitative estimate of drug-likeness (QED) is 0.850. The first kappa shape index (κ1) is 14.0. The zero-order valence-electron chi connectivity index (χ0n) is 12.0. The minimum atomic E-state index is 0.513. The van der Waals surface area contributed by atoms with Crippen molar-refractivity contribution < 1.29 is 0 Å². The summed E-state index contributed by atoms with van der Waals surface area (Å²) in [5.41, 5.74) is 3.71. The fraction of sp³-hybridized carbons (Fsp3) is 0.643. The van der Waals surface area contributed by atoms with Gasteiger partial charge in [-0.25, -0.2) is 4.98 Å². The lowest BCUT2D eigenvalue weighted by Crippen LogP contribution is -2.31. The second-order valence-electron chi connectivity index (χ2n) is 4.78. The molecule has 0 saturated heterocycles. The van der Waals surface area contributed by atoms with Crippen LogP contribution in [-0.2, 0) is 6.54 Å². The molecule has 0 saturated carbocycles. The topological polar surface area (TPSA) is 28.2 Å². The first-order chi connectivity index (χ1) is 8.01. The standard InChI is InChI=1S/C14H25N3/c1-7-12(4)17(6)14-13(9-15-5)10(2)8-11(3)16-14/h8,12,15H,7,9H2,1-6H3. The van der Waals surface area contributed by atoms with Gasteiger partial charge in [0.25, 0.3) is 0 Å². The molecule has 0 spiro atoms. The lowest BCUT2D eigenvalue weighted by Gasteiger charge is -2.28. The molecule has 0 fully saturated rings. The molecule has 0 aromatic carbocycles. The number of nitrogens with one attached hydrogen (secondary N) is 1. The summed E-state index contributed by atoms with van der Waals surface area (Å²) < 4.78 is 0. The molecule has 0 aliphatic carbocycles. The molecule has 17 heavy (non-hydrogen) atoms. The Morgan fingerprint density at radius 3 is 2.59 bits per heavy atom. The summed E-state index contributed by atoms with van der Waals surface area (Å²) in [5.74, 6) is 1.12. The molecule has 3 nitrogen and oxygen atoms in total. The van der Waals surface area contributed by atoms with Crippen molar-refractivity contribution >= 4 is 5.82 Å². The Labute approximate surface area is 105 Å². The van der Waals surface area contributed by atoms with Gasteiger partial charge in [-0.1, -0.05) is 6.92 Å². The maximum atomic E-state index is 4.71. The van der Waals surface area contributed by atoms with E-state index in [2.05, 4.69) is 51.0 Å². The van der Waals surface area contributed by atoms with E-state index in [-0.39, 0.29) is 0 Å². The SMILES string of the molecule is CCC(C)N(C)c1nc(C)cc(C)c1CNC. The van der Waals surface area contributed by atoms with E-state index in [1.54, 1.807) is 0 Å². The minimum absolute atomic E-state index is 0.513. The molecule has 1 N–H and O–H groups in total. The van der Waals surface area contributed by atoms with Gasteiger partial charge in [0, 0.05) is 30.9 Å². The van der Waals surface area contributed by atoms with Crippen LogP contribution < -0.4 is 10.2 Å². The van der Waals surface area contributed by atoms with E-state index in [1.807, 2.05) is 7.05 Å². The Balaban J connectivity index is 3.19. The van der Waals surface area contributed by atoms with E-state index in [1.165, 1.54) is 11.1 Å². The number of aromatic nitrogens is 1. The second kappa shape index (κ2) is 6.01. The maximum Gasteiger partial charge on any atom is 0.133 e. The third-order valence-corrected chi connectivity index (χ3v) is 3.39. The van der Waals surface area contributed by atoms with E-state index < -0.39 is 0 Å². The number of hydrogen-bond donors (Lipinski definition) is 1. The van der Waals surface area contributed by atoms with Crippen LogP contribution >= 0.6 is 0 Å². The Kier molecular flexibility index (Phi) is 4.94. The number of nitrogens with zero attached hydrogens (tertiary/aromatic N) is 2. The molecule has 96 valence electrons. The van der Waals surface area contributed by atoms with Gasteiger partial charge < -0.3 is 10.2 Å². The summed E-state index contributed by atoms with van der Waals surface area (Å²) in [4.78, 5) is 6.99. The monoisotopic (exact) mass is 235 g/mol. The number of anilines is 1. The molecule has 1 atom stereocenters. The van der Waals surface area contributed by atoms with Crippen LogP contribution in [0, 0.1) is 13.8 Å². The van der Waals surface area contributed by atoms with E-state index >= 15 is 0 Å². The zero-order chi connectivity index (χ0) is 13.0. The molecule has 0 bridgehead atoms. The summed E-state index contributed by atoms with van der Waals surface area (Å²) in [6.07, 6.45) is 1.13. The van der Waals surface area contributed by atoms with Crippen LogP contribution in [0.2, 0.25) is 0 Å². The number of hydrogen-bond acceptors (Lipinski definition) is 3. The highest BCUT2D eigenvalue weighted by molar-refractivity contribution is 5.51.